The lowest BCUT2D eigenvalue weighted by Gasteiger charge is -2.09. The normalized spacial score (nSPS) is 14.5. The van der Waals surface area contributed by atoms with Gasteiger partial charge in [0.05, 0.1) is 19.8 Å². The number of amidine groups is 1. The lowest BCUT2D eigenvalue weighted by Crippen LogP contribution is -2.25. The fourth-order valence-electron chi connectivity index (χ4n) is 0.706. The first-order chi connectivity index (χ1) is 6.22. The third kappa shape index (κ3) is 6.36. The van der Waals surface area contributed by atoms with Gasteiger partial charge in [0.1, 0.15) is 5.84 Å². The molecule has 1 atom stereocenters. The Balaban J connectivity index is 3.32. The highest BCUT2D eigenvalue weighted by molar-refractivity contribution is 5.81. The van der Waals surface area contributed by atoms with E-state index in [9.17, 15) is 0 Å². The minimum absolute atomic E-state index is 0.0633. The van der Waals surface area contributed by atoms with Gasteiger partial charge in [0, 0.05) is 12.5 Å². The first-order valence-corrected chi connectivity index (χ1v) is 4.35. The molecule has 0 aliphatic rings. The summed E-state index contributed by atoms with van der Waals surface area (Å²) in [4.78, 5) is 0. The molecular weight excluding hydrogens is 172 g/mol. The molecule has 0 aromatic heterocycles. The van der Waals surface area contributed by atoms with Crippen molar-refractivity contribution >= 4 is 5.84 Å². The van der Waals surface area contributed by atoms with Crippen molar-refractivity contribution in [2.75, 3.05) is 26.4 Å². The van der Waals surface area contributed by atoms with Crippen molar-refractivity contribution in [2.24, 2.45) is 16.8 Å². The maximum atomic E-state index is 8.33. The van der Waals surface area contributed by atoms with Crippen molar-refractivity contribution < 1.29 is 14.7 Å². The van der Waals surface area contributed by atoms with Gasteiger partial charge in [-0.15, -0.1) is 0 Å². The van der Waals surface area contributed by atoms with Gasteiger partial charge >= 0.3 is 0 Å². The standard InChI is InChI=1S/C8H18N2O3/c1-3-12-4-5-13-6-7(2)8(9)10-11/h7,11H,3-6H2,1-2H3,(H2,9,10). The molecule has 0 fully saturated rings. The second-order valence-electron chi connectivity index (χ2n) is 2.70. The monoisotopic (exact) mass is 190 g/mol. The molecule has 0 spiro atoms. The molecule has 0 saturated carbocycles. The SMILES string of the molecule is CCOCCOCC(C)/C(N)=N/O. The van der Waals surface area contributed by atoms with Gasteiger partial charge in [-0.25, -0.2) is 0 Å². The Morgan fingerprint density at radius 3 is 2.62 bits per heavy atom. The quantitative estimate of drug-likeness (QED) is 0.200. The maximum absolute atomic E-state index is 8.33. The van der Waals surface area contributed by atoms with Crippen LogP contribution in [0.1, 0.15) is 13.8 Å². The van der Waals surface area contributed by atoms with Gasteiger partial charge in [0.2, 0.25) is 0 Å². The number of hydrogen-bond donors (Lipinski definition) is 2. The Bertz CT molecular complexity index is 150. The Hall–Kier alpha value is -0.810. The second kappa shape index (κ2) is 7.82. The van der Waals surface area contributed by atoms with E-state index in [-0.39, 0.29) is 11.8 Å². The molecule has 0 aromatic rings. The van der Waals surface area contributed by atoms with E-state index in [1.54, 1.807) is 0 Å². The zero-order chi connectivity index (χ0) is 10.1. The molecule has 5 nitrogen and oxygen atoms in total. The summed E-state index contributed by atoms with van der Waals surface area (Å²) in [5.41, 5.74) is 5.35. The maximum Gasteiger partial charge on any atom is 0.144 e. The Morgan fingerprint density at radius 1 is 1.46 bits per heavy atom. The lowest BCUT2D eigenvalue weighted by atomic mass is 10.2. The predicted molar refractivity (Wildman–Crippen MR) is 49.9 cm³/mol. The largest absolute Gasteiger partial charge is 0.409 e. The van der Waals surface area contributed by atoms with Crippen LogP contribution in [-0.2, 0) is 9.47 Å². The Labute approximate surface area is 78.5 Å². The summed E-state index contributed by atoms with van der Waals surface area (Å²) in [6.45, 7) is 6.02. The smallest absolute Gasteiger partial charge is 0.144 e. The zero-order valence-electron chi connectivity index (χ0n) is 8.19. The van der Waals surface area contributed by atoms with Crippen LogP contribution in [0.25, 0.3) is 0 Å². The third-order valence-electron chi connectivity index (χ3n) is 1.56. The molecule has 0 aliphatic carbocycles. The average molecular weight is 190 g/mol. The van der Waals surface area contributed by atoms with Crippen molar-refractivity contribution in [3.05, 3.63) is 0 Å². The molecule has 0 amide bonds. The molecule has 0 aliphatic heterocycles. The summed E-state index contributed by atoms with van der Waals surface area (Å²) in [5.74, 6) is 0.128. The first-order valence-electron chi connectivity index (χ1n) is 4.35. The van der Waals surface area contributed by atoms with Crippen LogP contribution >= 0.6 is 0 Å². The second-order valence-corrected chi connectivity index (χ2v) is 2.70. The van der Waals surface area contributed by atoms with E-state index in [2.05, 4.69) is 5.16 Å². The molecule has 0 aromatic carbocycles. The highest BCUT2D eigenvalue weighted by atomic mass is 16.5. The van der Waals surface area contributed by atoms with Crippen molar-refractivity contribution in [3.8, 4) is 0 Å². The number of nitrogens with two attached hydrogens (primary N) is 1. The fourth-order valence-corrected chi connectivity index (χ4v) is 0.706. The van der Waals surface area contributed by atoms with Crippen molar-refractivity contribution in [1.82, 2.24) is 0 Å². The summed E-state index contributed by atoms with van der Waals surface area (Å²) < 4.78 is 10.3. The van der Waals surface area contributed by atoms with Gasteiger partial charge in [-0.2, -0.15) is 0 Å². The zero-order valence-corrected chi connectivity index (χ0v) is 8.19. The molecule has 0 rings (SSSR count). The van der Waals surface area contributed by atoms with Crippen LogP contribution in [0.4, 0.5) is 0 Å². The molecule has 78 valence electrons. The van der Waals surface area contributed by atoms with E-state index < -0.39 is 0 Å². The van der Waals surface area contributed by atoms with Gasteiger partial charge in [-0.1, -0.05) is 12.1 Å². The van der Waals surface area contributed by atoms with Gasteiger partial charge in [-0.05, 0) is 6.92 Å². The Morgan fingerprint density at radius 2 is 2.08 bits per heavy atom. The number of hydrogen-bond acceptors (Lipinski definition) is 4. The van der Waals surface area contributed by atoms with Crippen molar-refractivity contribution in [3.63, 3.8) is 0 Å². The van der Waals surface area contributed by atoms with Crippen LogP contribution in [0, 0.1) is 5.92 Å². The van der Waals surface area contributed by atoms with E-state index in [0.29, 0.717) is 26.4 Å². The highest BCUT2D eigenvalue weighted by Gasteiger charge is 2.06. The topological polar surface area (TPSA) is 77.1 Å². The molecular formula is C8H18N2O3. The van der Waals surface area contributed by atoms with E-state index in [0.717, 1.165) is 0 Å². The van der Waals surface area contributed by atoms with Crippen molar-refractivity contribution in [2.45, 2.75) is 13.8 Å². The van der Waals surface area contributed by atoms with Crippen LogP contribution in [0.15, 0.2) is 5.16 Å². The van der Waals surface area contributed by atoms with Crippen LogP contribution in [0.5, 0.6) is 0 Å². The molecule has 5 heteroatoms. The van der Waals surface area contributed by atoms with Gasteiger partial charge in [-0.3, -0.25) is 0 Å². The first kappa shape index (κ1) is 12.2. The highest BCUT2D eigenvalue weighted by Crippen LogP contribution is 1.95. The molecule has 0 radical (unpaired) electrons. The van der Waals surface area contributed by atoms with E-state index in [1.807, 2.05) is 13.8 Å². The van der Waals surface area contributed by atoms with Crippen LogP contribution in [-0.4, -0.2) is 37.5 Å². The molecule has 0 saturated heterocycles. The van der Waals surface area contributed by atoms with E-state index in [4.69, 9.17) is 20.4 Å². The molecule has 0 bridgehead atoms. The number of ether oxygens (including phenoxy) is 2. The summed E-state index contributed by atoms with van der Waals surface area (Å²) in [6.07, 6.45) is 0. The molecule has 0 heterocycles. The summed E-state index contributed by atoms with van der Waals surface area (Å²) in [5, 5.41) is 11.2. The summed E-state index contributed by atoms with van der Waals surface area (Å²) >= 11 is 0. The predicted octanol–water partition coefficient (Wildman–Crippen LogP) is 0.422. The third-order valence-corrected chi connectivity index (χ3v) is 1.56. The minimum Gasteiger partial charge on any atom is -0.409 e. The van der Waals surface area contributed by atoms with Crippen LogP contribution in [0.3, 0.4) is 0 Å². The number of oxime groups is 1. The molecule has 13 heavy (non-hydrogen) atoms. The van der Waals surface area contributed by atoms with Crippen LogP contribution < -0.4 is 5.73 Å². The van der Waals surface area contributed by atoms with Crippen molar-refractivity contribution in [1.29, 1.82) is 0 Å². The summed E-state index contributed by atoms with van der Waals surface area (Å²) in [7, 11) is 0. The van der Waals surface area contributed by atoms with E-state index >= 15 is 0 Å². The fraction of sp³-hybridized carbons (Fsp3) is 0.875. The average Bonchev–Trinajstić information content (AvgIpc) is 2.16. The number of nitrogens with zero attached hydrogens (tertiary/aromatic N) is 1. The Kier molecular flexibility index (Phi) is 7.33. The van der Waals surface area contributed by atoms with Crippen LogP contribution in [0.2, 0.25) is 0 Å². The summed E-state index contributed by atoms with van der Waals surface area (Å²) in [6, 6.07) is 0. The van der Waals surface area contributed by atoms with Gasteiger partial charge < -0.3 is 20.4 Å². The number of rotatable bonds is 7. The molecule has 3 N–H and O–H groups in total. The van der Waals surface area contributed by atoms with Gasteiger partial charge in [0.25, 0.3) is 0 Å². The lowest BCUT2D eigenvalue weighted by molar-refractivity contribution is 0.0467. The van der Waals surface area contributed by atoms with E-state index in [1.165, 1.54) is 0 Å². The van der Waals surface area contributed by atoms with Gasteiger partial charge in [0.15, 0.2) is 0 Å². The minimum atomic E-state index is -0.0633. The molecule has 1 unspecified atom stereocenters.